The molecule has 1 aromatic carbocycles. The van der Waals surface area contributed by atoms with Gasteiger partial charge in [0.2, 0.25) is 0 Å². The van der Waals surface area contributed by atoms with Gasteiger partial charge in [-0.15, -0.1) is 0 Å². The number of aliphatic carboxylic acids is 1. The molecule has 0 saturated carbocycles. The molecule has 2 atom stereocenters. The number of alkyl carbamates (subject to hydrolysis) is 1. The third kappa shape index (κ3) is 8.21. The largest absolute Gasteiger partial charge is 0.481 e. The number of amides is 1. The monoisotopic (exact) mass is 323 g/mol. The summed E-state index contributed by atoms with van der Waals surface area (Å²) in [6.45, 7) is 7.30. The number of carbonyl (C=O) groups excluding carboxylic acids is 1. The molecule has 2 N–H and O–H groups in total. The van der Waals surface area contributed by atoms with Gasteiger partial charge in [0.15, 0.2) is 0 Å². The number of carboxylic acids is 1. The summed E-state index contributed by atoms with van der Waals surface area (Å²) in [7, 11) is 0. The standard InChI is InChI=1S/C17H25NO5/c1-12(22-11-13-8-6-5-7-9-13)14(10-15(19)20)18-16(21)23-17(2,3)4/h5-9,12,14H,10-11H2,1-4H3,(H,18,21)(H,19,20)/t12-,14+/m1/s1. The van der Waals surface area contributed by atoms with Crippen LogP contribution in [0.2, 0.25) is 0 Å². The highest BCUT2D eigenvalue weighted by Gasteiger charge is 2.26. The molecule has 128 valence electrons. The second-order valence-corrected chi connectivity index (χ2v) is 6.35. The van der Waals surface area contributed by atoms with E-state index in [2.05, 4.69) is 5.32 Å². The molecule has 0 heterocycles. The van der Waals surface area contributed by atoms with E-state index in [-0.39, 0.29) is 6.42 Å². The molecular weight excluding hydrogens is 298 g/mol. The number of hydrogen-bond donors (Lipinski definition) is 2. The Bertz CT molecular complexity index is 509. The summed E-state index contributed by atoms with van der Waals surface area (Å²) in [6.07, 6.45) is -1.37. The minimum atomic E-state index is -1.01. The first-order chi connectivity index (χ1) is 10.7. The zero-order valence-electron chi connectivity index (χ0n) is 14.0. The van der Waals surface area contributed by atoms with Crippen LogP contribution in [0.25, 0.3) is 0 Å². The van der Waals surface area contributed by atoms with Crippen LogP contribution in [-0.4, -0.2) is 34.9 Å². The Morgan fingerprint density at radius 2 is 1.83 bits per heavy atom. The van der Waals surface area contributed by atoms with Gasteiger partial charge in [0.25, 0.3) is 0 Å². The van der Waals surface area contributed by atoms with Crippen LogP contribution in [0.15, 0.2) is 30.3 Å². The first kappa shape index (κ1) is 19.0. The Kier molecular flexibility index (Phi) is 7.03. The highest BCUT2D eigenvalue weighted by atomic mass is 16.6. The lowest BCUT2D eigenvalue weighted by Crippen LogP contribution is -2.46. The van der Waals surface area contributed by atoms with Crippen molar-refractivity contribution < 1.29 is 24.2 Å². The van der Waals surface area contributed by atoms with Crippen LogP contribution in [-0.2, 0) is 20.9 Å². The van der Waals surface area contributed by atoms with Crippen molar-refractivity contribution >= 4 is 12.1 Å². The fraction of sp³-hybridized carbons (Fsp3) is 0.529. The van der Waals surface area contributed by atoms with Crippen molar-refractivity contribution in [2.24, 2.45) is 0 Å². The molecule has 23 heavy (non-hydrogen) atoms. The van der Waals surface area contributed by atoms with Crippen molar-refractivity contribution in [3.8, 4) is 0 Å². The highest BCUT2D eigenvalue weighted by Crippen LogP contribution is 2.11. The number of benzene rings is 1. The van der Waals surface area contributed by atoms with Crippen LogP contribution >= 0.6 is 0 Å². The van der Waals surface area contributed by atoms with Crippen LogP contribution in [0.4, 0.5) is 4.79 Å². The minimum Gasteiger partial charge on any atom is -0.481 e. The Labute approximate surface area is 136 Å². The van der Waals surface area contributed by atoms with Crippen molar-refractivity contribution in [1.82, 2.24) is 5.32 Å². The van der Waals surface area contributed by atoms with Crippen LogP contribution in [0, 0.1) is 0 Å². The lowest BCUT2D eigenvalue weighted by atomic mass is 10.1. The highest BCUT2D eigenvalue weighted by molar-refractivity contribution is 5.71. The molecule has 0 aliphatic carbocycles. The second kappa shape index (κ2) is 8.53. The number of nitrogens with one attached hydrogen (secondary N) is 1. The van der Waals surface area contributed by atoms with Crippen molar-refractivity contribution in [1.29, 1.82) is 0 Å². The molecule has 0 radical (unpaired) electrons. The van der Waals surface area contributed by atoms with Gasteiger partial charge >= 0.3 is 12.1 Å². The van der Waals surface area contributed by atoms with Crippen LogP contribution in [0.5, 0.6) is 0 Å². The fourth-order valence-corrected chi connectivity index (χ4v) is 1.90. The summed E-state index contributed by atoms with van der Waals surface area (Å²) in [5.74, 6) is -1.01. The molecule has 0 aromatic heterocycles. The maximum absolute atomic E-state index is 11.8. The van der Waals surface area contributed by atoms with Gasteiger partial charge in [0.1, 0.15) is 5.60 Å². The lowest BCUT2D eigenvalue weighted by molar-refractivity contribution is -0.138. The molecule has 1 rings (SSSR count). The smallest absolute Gasteiger partial charge is 0.407 e. The quantitative estimate of drug-likeness (QED) is 0.806. The molecule has 0 fully saturated rings. The molecule has 1 amide bonds. The van der Waals surface area contributed by atoms with Gasteiger partial charge in [-0.05, 0) is 33.3 Å². The van der Waals surface area contributed by atoms with Gasteiger partial charge in [-0.25, -0.2) is 4.79 Å². The molecule has 0 aliphatic heterocycles. The van der Waals surface area contributed by atoms with Gasteiger partial charge in [0, 0.05) is 0 Å². The molecule has 0 bridgehead atoms. The predicted molar refractivity (Wildman–Crippen MR) is 86.1 cm³/mol. The van der Waals surface area contributed by atoms with Gasteiger partial charge in [-0.1, -0.05) is 30.3 Å². The first-order valence-electron chi connectivity index (χ1n) is 7.54. The van der Waals surface area contributed by atoms with Crippen LogP contribution in [0.3, 0.4) is 0 Å². The summed E-state index contributed by atoms with van der Waals surface area (Å²) >= 11 is 0. The van der Waals surface area contributed by atoms with Gasteiger partial charge < -0.3 is 19.9 Å². The molecule has 6 heteroatoms. The zero-order valence-corrected chi connectivity index (χ0v) is 14.0. The van der Waals surface area contributed by atoms with Gasteiger partial charge in [-0.3, -0.25) is 4.79 Å². The van der Waals surface area contributed by atoms with E-state index < -0.39 is 29.8 Å². The molecule has 0 aliphatic rings. The van der Waals surface area contributed by atoms with Crippen LogP contribution < -0.4 is 5.32 Å². The summed E-state index contributed by atoms with van der Waals surface area (Å²) in [4.78, 5) is 22.9. The van der Waals surface area contributed by atoms with Crippen LogP contribution in [0.1, 0.15) is 39.7 Å². The Balaban J connectivity index is 2.61. The molecular formula is C17H25NO5. The summed E-state index contributed by atoms with van der Waals surface area (Å²) < 4.78 is 10.9. The number of carbonyl (C=O) groups is 2. The molecule has 0 unspecified atom stereocenters. The first-order valence-corrected chi connectivity index (χ1v) is 7.54. The number of carboxylic acid groups (broad SMARTS) is 1. The maximum atomic E-state index is 11.8. The Hall–Kier alpha value is -2.08. The summed E-state index contributed by atoms with van der Waals surface area (Å²) in [6, 6.07) is 8.87. The van der Waals surface area contributed by atoms with Crippen molar-refractivity contribution in [3.05, 3.63) is 35.9 Å². The lowest BCUT2D eigenvalue weighted by Gasteiger charge is -2.26. The second-order valence-electron chi connectivity index (χ2n) is 6.35. The van der Waals surface area contributed by atoms with E-state index in [9.17, 15) is 9.59 Å². The van der Waals surface area contributed by atoms with E-state index in [1.54, 1.807) is 27.7 Å². The normalized spacial score (nSPS) is 13.9. The van der Waals surface area contributed by atoms with E-state index in [1.807, 2.05) is 30.3 Å². The van der Waals surface area contributed by atoms with E-state index in [0.717, 1.165) is 5.56 Å². The fourth-order valence-electron chi connectivity index (χ4n) is 1.90. The zero-order chi connectivity index (χ0) is 17.5. The molecule has 0 saturated heterocycles. The topological polar surface area (TPSA) is 84.9 Å². The minimum absolute atomic E-state index is 0.241. The Morgan fingerprint density at radius 3 is 2.35 bits per heavy atom. The van der Waals surface area contributed by atoms with E-state index >= 15 is 0 Å². The molecule has 0 spiro atoms. The average Bonchev–Trinajstić information content (AvgIpc) is 2.42. The predicted octanol–water partition coefficient (Wildman–Crippen LogP) is 2.96. The number of ether oxygens (including phenoxy) is 2. The Morgan fingerprint density at radius 1 is 1.22 bits per heavy atom. The van der Waals surface area contributed by atoms with E-state index in [0.29, 0.717) is 6.61 Å². The maximum Gasteiger partial charge on any atom is 0.407 e. The van der Waals surface area contributed by atoms with E-state index in [1.165, 1.54) is 0 Å². The molecule has 6 nitrogen and oxygen atoms in total. The number of rotatable bonds is 7. The summed E-state index contributed by atoms with van der Waals surface area (Å²) in [5.41, 5.74) is 0.331. The molecule has 1 aromatic rings. The van der Waals surface area contributed by atoms with Gasteiger partial charge in [-0.2, -0.15) is 0 Å². The average molecular weight is 323 g/mol. The third-order valence-corrected chi connectivity index (χ3v) is 3.02. The van der Waals surface area contributed by atoms with Gasteiger partial charge in [0.05, 0.1) is 25.2 Å². The SMILES string of the molecule is C[C@@H](OCc1ccccc1)[C@H](CC(=O)O)NC(=O)OC(C)(C)C. The van der Waals surface area contributed by atoms with Crippen molar-refractivity contribution in [3.63, 3.8) is 0 Å². The third-order valence-electron chi connectivity index (χ3n) is 3.02. The summed E-state index contributed by atoms with van der Waals surface area (Å²) in [5, 5.41) is 11.6. The van der Waals surface area contributed by atoms with Crippen molar-refractivity contribution in [2.45, 2.75) is 58.5 Å². The van der Waals surface area contributed by atoms with E-state index in [4.69, 9.17) is 14.6 Å². The number of hydrogen-bond acceptors (Lipinski definition) is 4. The van der Waals surface area contributed by atoms with Crippen molar-refractivity contribution in [2.75, 3.05) is 0 Å².